The summed E-state index contributed by atoms with van der Waals surface area (Å²) in [6, 6.07) is 3.79. The minimum absolute atomic E-state index is 0.144. The van der Waals surface area contributed by atoms with Crippen molar-refractivity contribution < 1.29 is 13.5 Å². The third kappa shape index (κ3) is 5.82. The van der Waals surface area contributed by atoms with Gasteiger partial charge in [-0.3, -0.25) is 0 Å². The molecule has 1 aromatic rings. The SMILES string of the molecule is CCCC1C=CC(OCC2CCC(c3ccc(C4CCC(C)CC4)c(F)c3F)CC2)CC1. The molecule has 3 aliphatic carbocycles. The van der Waals surface area contributed by atoms with Gasteiger partial charge < -0.3 is 4.74 Å². The molecule has 0 spiro atoms. The van der Waals surface area contributed by atoms with Gasteiger partial charge in [-0.15, -0.1) is 0 Å². The van der Waals surface area contributed by atoms with E-state index < -0.39 is 11.6 Å². The third-order valence-corrected chi connectivity index (χ3v) is 8.51. The molecule has 3 heteroatoms. The van der Waals surface area contributed by atoms with Crippen LogP contribution in [0.15, 0.2) is 24.3 Å². The largest absolute Gasteiger partial charge is 0.374 e. The van der Waals surface area contributed by atoms with Gasteiger partial charge in [0.25, 0.3) is 0 Å². The highest BCUT2D eigenvalue weighted by Gasteiger charge is 2.29. The molecule has 0 heterocycles. The average Bonchev–Trinajstić information content (AvgIpc) is 2.82. The quantitative estimate of drug-likeness (QED) is 0.382. The highest BCUT2D eigenvalue weighted by molar-refractivity contribution is 5.32. The molecule has 3 aliphatic rings. The van der Waals surface area contributed by atoms with Crippen molar-refractivity contribution in [2.24, 2.45) is 17.8 Å². The Labute approximate surface area is 194 Å². The van der Waals surface area contributed by atoms with Crippen LogP contribution in [-0.4, -0.2) is 12.7 Å². The normalized spacial score (nSPS) is 33.4. The maximum absolute atomic E-state index is 15.0. The molecule has 0 aliphatic heterocycles. The first-order valence-electron chi connectivity index (χ1n) is 13.3. The lowest BCUT2D eigenvalue weighted by molar-refractivity contribution is 0.0346. The fourth-order valence-electron chi connectivity index (χ4n) is 6.28. The summed E-state index contributed by atoms with van der Waals surface area (Å²) in [6.07, 6.45) is 17.9. The van der Waals surface area contributed by atoms with Crippen LogP contribution in [-0.2, 0) is 4.74 Å². The summed E-state index contributed by atoms with van der Waals surface area (Å²) in [5, 5.41) is 0. The maximum atomic E-state index is 15.0. The third-order valence-electron chi connectivity index (χ3n) is 8.51. The number of ether oxygens (including phenoxy) is 1. The van der Waals surface area contributed by atoms with Gasteiger partial charge in [0.1, 0.15) is 0 Å². The van der Waals surface area contributed by atoms with Crippen molar-refractivity contribution in [2.45, 2.75) is 109 Å². The number of hydrogen-bond donors (Lipinski definition) is 0. The lowest BCUT2D eigenvalue weighted by Crippen LogP contribution is -2.23. The summed E-state index contributed by atoms with van der Waals surface area (Å²) in [6.45, 7) is 5.31. The summed E-state index contributed by atoms with van der Waals surface area (Å²) in [5.74, 6) is 1.18. The highest BCUT2D eigenvalue weighted by atomic mass is 19.2. The van der Waals surface area contributed by atoms with E-state index in [4.69, 9.17) is 4.74 Å². The van der Waals surface area contributed by atoms with Crippen LogP contribution in [0.1, 0.15) is 114 Å². The van der Waals surface area contributed by atoms with Crippen LogP contribution in [0.2, 0.25) is 0 Å². The molecular formula is C29H42F2O. The fourth-order valence-corrected chi connectivity index (χ4v) is 6.28. The summed E-state index contributed by atoms with van der Waals surface area (Å²) in [4.78, 5) is 0. The molecule has 1 nitrogen and oxygen atoms in total. The summed E-state index contributed by atoms with van der Waals surface area (Å²) < 4.78 is 36.2. The van der Waals surface area contributed by atoms with E-state index in [-0.39, 0.29) is 17.9 Å². The van der Waals surface area contributed by atoms with Gasteiger partial charge in [0.15, 0.2) is 11.6 Å². The minimum Gasteiger partial charge on any atom is -0.374 e. The van der Waals surface area contributed by atoms with Crippen LogP contribution in [0.4, 0.5) is 8.78 Å². The Kier molecular flexibility index (Phi) is 8.43. The molecule has 0 radical (unpaired) electrons. The van der Waals surface area contributed by atoms with Crippen molar-refractivity contribution in [3.05, 3.63) is 47.0 Å². The minimum atomic E-state index is -0.574. The van der Waals surface area contributed by atoms with E-state index in [1.807, 2.05) is 12.1 Å². The van der Waals surface area contributed by atoms with Gasteiger partial charge in [0.2, 0.25) is 0 Å². The average molecular weight is 445 g/mol. The first-order valence-corrected chi connectivity index (χ1v) is 13.3. The molecule has 32 heavy (non-hydrogen) atoms. The van der Waals surface area contributed by atoms with E-state index in [1.54, 1.807) is 0 Å². The molecule has 2 unspecified atom stereocenters. The topological polar surface area (TPSA) is 9.23 Å². The molecule has 2 fully saturated rings. The van der Waals surface area contributed by atoms with Crippen LogP contribution in [0.25, 0.3) is 0 Å². The molecule has 178 valence electrons. The molecular weight excluding hydrogens is 402 g/mol. The van der Waals surface area contributed by atoms with E-state index >= 15 is 4.39 Å². The van der Waals surface area contributed by atoms with Crippen LogP contribution in [0.3, 0.4) is 0 Å². The maximum Gasteiger partial charge on any atom is 0.162 e. The van der Waals surface area contributed by atoms with Crippen molar-refractivity contribution in [2.75, 3.05) is 6.61 Å². The Hall–Kier alpha value is -1.22. The molecule has 4 rings (SSSR count). The lowest BCUT2D eigenvalue weighted by Gasteiger charge is -2.31. The molecule has 0 aromatic heterocycles. The van der Waals surface area contributed by atoms with Gasteiger partial charge in [0.05, 0.1) is 12.7 Å². The van der Waals surface area contributed by atoms with Crippen LogP contribution in [0.5, 0.6) is 0 Å². The van der Waals surface area contributed by atoms with Crippen LogP contribution < -0.4 is 0 Å². The summed E-state index contributed by atoms with van der Waals surface area (Å²) >= 11 is 0. The lowest BCUT2D eigenvalue weighted by atomic mass is 9.76. The van der Waals surface area contributed by atoms with Crippen LogP contribution >= 0.6 is 0 Å². The second-order valence-electron chi connectivity index (χ2n) is 10.9. The summed E-state index contributed by atoms with van der Waals surface area (Å²) in [5.41, 5.74) is 1.22. The second-order valence-corrected chi connectivity index (χ2v) is 10.9. The zero-order valence-corrected chi connectivity index (χ0v) is 20.1. The predicted molar refractivity (Wildman–Crippen MR) is 128 cm³/mol. The fraction of sp³-hybridized carbons (Fsp3) is 0.724. The molecule has 0 saturated heterocycles. The monoisotopic (exact) mass is 444 g/mol. The Bertz CT molecular complexity index is 757. The Morgan fingerprint density at radius 3 is 1.91 bits per heavy atom. The standard InChI is InChI=1S/C29H42F2O/c1-3-4-21-9-15-25(16-10-21)32-19-22-7-13-24(14-8-22)27-18-17-26(28(30)29(27)31)23-11-5-20(2)6-12-23/h9,15,17-18,20-25H,3-8,10-14,16,19H2,1-2H3. The molecule has 0 N–H and O–H groups in total. The van der Waals surface area contributed by atoms with Gasteiger partial charge in [-0.05, 0) is 98.5 Å². The number of rotatable bonds is 7. The molecule has 2 atom stereocenters. The number of benzene rings is 1. The summed E-state index contributed by atoms with van der Waals surface area (Å²) in [7, 11) is 0. The van der Waals surface area contributed by atoms with E-state index in [2.05, 4.69) is 26.0 Å². The van der Waals surface area contributed by atoms with Crippen LogP contribution in [0, 0.1) is 29.4 Å². The van der Waals surface area contributed by atoms with Gasteiger partial charge >= 0.3 is 0 Å². The van der Waals surface area contributed by atoms with E-state index in [0.29, 0.717) is 23.0 Å². The van der Waals surface area contributed by atoms with E-state index in [1.165, 1.54) is 19.3 Å². The van der Waals surface area contributed by atoms with E-state index in [0.717, 1.165) is 70.3 Å². The number of allylic oxidation sites excluding steroid dienone is 1. The predicted octanol–water partition coefficient (Wildman–Crippen LogP) is 8.68. The van der Waals surface area contributed by atoms with Gasteiger partial charge in [-0.1, -0.05) is 57.4 Å². The zero-order valence-electron chi connectivity index (χ0n) is 20.1. The first kappa shape index (κ1) is 23.9. The molecule has 0 bridgehead atoms. The highest BCUT2D eigenvalue weighted by Crippen LogP contribution is 2.41. The molecule has 2 saturated carbocycles. The van der Waals surface area contributed by atoms with Crippen molar-refractivity contribution in [1.82, 2.24) is 0 Å². The van der Waals surface area contributed by atoms with Gasteiger partial charge in [-0.25, -0.2) is 8.78 Å². The second kappa shape index (κ2) is 11.3. The molecule has 0 amide bonds. The van der Waals surface area contributed by atoms with Gasteiger partial charge in [-0.2, -0.15) is 0 Å². The van der Waals surface area contributed by atoms with Gasteiger partial charge in [0, 0.05) is 0 Å². The van der Waals surface area contributed by atoms with Crippen molar-refractivity contribution in [1.29, 1.82) is 0 Å². The van der Waals surface area contributed by atoms with Crippen molar-refractivity contribution in [3.8, 4) is 0 Å². The number of halogens is 2. The Morgan fingerprint density at radius 1 is 0.781 bits per heavy atom. The van der Waals surface area contributed by atoms with Crippen molar-refractivity contribution in [3.63, 3.8) is 0 Å². The Morgan fingerprint density at radius 2 is 1.38 bits per heavy atom. The zero-order chi connectivity index (χ0) is 22.5. The van der Waals surface area contributed by atoms with E-state index in [9.17, 15) is 4.39 Å². The molecule has 1 aromatic carbocycles. The first-order chi connectivity index (χ1) is 15.5. The Balaban J connectivity index is 1.27. The number of hydrogen-bond acceptors (Lipinski definition) is 1. The van der Waals surface area contributed by atoms with Crippen molar-refractivity contribution >= 4 is 0 Å². The smallest absolute Gasteiger partial charge is 0.162 e.